The number of piperazine rings is 1. The second kappa shape index (κ2) is 15.9. The first-order valence-electron chi connectivity index (χ1n) is 16.1. The predicted molar refractivity (Wildman–Crippen MR) is 177 cm³/mol. The van der Waals surface area contributed by atoms with Gasteiger partial charge in [-0.3, -0.25) is 14.9 Å². The van der Waals surface area contributed by atoms with Gasteiger partial charge in [-0.15, -0.1) is 0 Å². The average Bonchev–Trinajstić information content (AvgIpc) is 3.15. The molecular formula is C36H50FN5O. The van der Waals surface area contributed by atoms with Crippen LogP contribution in [0.15, 0.2) is 82.8 Å². The highest BCUT2D eigenvalue weighted by atomic mass is 19.1. The van der Waals surface area contributed by atoms with Crippen molar-refractivity contribution in [1.82, 2.24) is 19.7 Å². The molecule has 2 atom stereocenters. The highest BCUT2D eigenvalue weighted by Crippen LogP contribution is 2.40. The highest BCUT2D eigenvalue weighted by Gasteiger charge is 2.32. The van der Waals surface area contributed by atoms with Crippen molar-refractivity contribution < 1.29 is 9.13 Å². The molecule has 2 saturated heterocycles. The number of aromatic nitrogens is 1. The zero-order valence-electron chi connectivity index (χ0n) is 26.8. The van der Waals surface area contributed by atoms with Crippen LogP contribution in [0.5, 0.6) is 0 Å². The van der Waals surface area contributed by atoms with Gasteiger partial charge in [-0.2, -0.15) is 0 Å². The van der Waals surface area contributed by atoms with Crippen molar-refractivity contribution in [3.05, 3.63) is 88.3 Å². The third-order valence-electron chi connectivity index (χ3n) is 8.76. The Morgan fingerprint density at radius 3 is 2.67 bits per heavy atom. The van der Waals surface area contributed by atoms with Gasteiger partial charge >= 0.3 is 0 Å². The van der Waals surface area contributed by atoms with Gasteiger partial charge < -0.3 is 14.5 Å². The number of dihydropyridines is 1. The molecule has 232 valence electrons. The summed E-state index contributed by atoms with van der Waals surface area (Å²) in [5.41, 5.74) is 1.49. The normalized spacial score (nSPS) is 25.9. The Hall–Kier alpha value is -3.45. The fraction of sp³-hybridized carbons (Fsp3) is 0.500. The van der Waals surface area contributed by atoms with Crippen molar-refractivity contribution in [2.24, 2.45) is 10.4 Å². The fourth-order valence-electron chi connectivity index (χ4n) is 6.36. The summed E-state index contributed by atoms with van der Waals surface area (Å²) >= 11 is 0. The largest absolute Gasteiger partial charge is 0.501 e. The maximum absolute atomic E-state index is 14.6. The first-order chi connectivity index (χ1) is 21.0. The summed E-state index contributed by atoms with van der Waals surface area (Å²) in [7, 11) is 1.72. The van der Waals surface area contributed by atoms with E-state index < -0.39 is 5.41 Å². The maximum atomic E-state index is 14.6. The van der Waals surface area contributed by atoms with Crippen LogP contribution in [-0.2, 0) is 4.74 Å². The predicted octanol–water partition coefficient (Wildman–Crippen LogP) is 5.71. The lowest BCUT2D eigenvalue weighted by Crippen LogP contribution is -2.50. The van der Waals surface area contributed by atoms with E-state index in [4.69, 9.17) is 9.73 Å². The third kappa shape index (κ3) is 8.35. The molecule has 4 heterocycles. The van der Waals surface area contributed by atoms with E-state index in [0.29, 0.717) is 6.04 Å². The van der Waals surface area contributed by atoms with E-state index in [0.717, 1.165) is 86.3 Å². The molecule has 2 fully saturated rings. The van der Waals surface area contributed by atoms with Gasteiger partial charge in [-0.1, -0.05) is 38.5 Å². The van der Waals surface area contributed by atoms with Crippen LogP contribution in [0, 0.1) is 5.41 Å². The number of ether oxygens (including phenoxy) is 1. The molecule has 7 heteroatoms. The van der Waals surface area contributed by atoms with E-state index in [9.17, 15) is 4.39 Å². The van der Waals surface area contributed by atoms with Gasteiger partial charge in [-0.05, 0) is 74.8 Å². The molecule has 1 aromatic heterocycles. The van der Waals surface area contributed by atoms with Crippen LogP contribution in [0.3, 0.4) is 0 Å². The summed E-state index contributed by atoms with van der Waals surface area (Å²) in [6, 6.07) is 4.68. The van der Waals surface area contributed by atoms with Crippen molar-refractivity contribution in [2.45, 2.75) is 65.8 Å². The fourth-order valence-corrected chi connectivity index (χ4v) is 6.36. The lowest BCUT2D eigenvalue weighted by molar-refractivity contribution is 0.104. The smallest absolute Gasteiger partial charge is 0.120 e. The molecule has 0 saturated carbocycles. The average molecular weight is 588 g/mol. The molecule has 1 aromatic rings. The minimum Gasteiger partial charge on any atom is -0.501 e. The number of halogens is 1. The number of hydrogen-bond acceptors (Lipinski definition) is 6. The summed E-state index contributed by atoms with van der Waals surface area (Å²) in [5.74, 6) is 0.758. The molecule has 0 spiro atoms. The Bertz CT molecular complexity index is 1380. The molecule has 1 aliphatic carbocycles. The van der Waals surface area contributed by atoms with Gasteiger partial charge in [0.15, 0.2) is 0 Å². The molecule has 5 rings (SSSR count). The number of pyridine rings is 1. The highest BCUT2D eigenvalue weighted by molar-refractivity contribution is 5.75. The molecule has 0 radical (unpaired) electrons. The molecule has 0 bridgehead atoms. The summed E-state index contributed by atoms with van der Waals surface area (Å²) in [5, 5.41) is 2.15. The Morgan fingerprint density at radius 1 is 1.09 bits per heavy atom. The molecular weight excluding hydrogens is 537 g/mol. The number of hydrogen-bond donors (Lipinski definition) is 0. The lowest BCUT2D eigenvalue weighted by atomic mass is 9.83. The zero-order valence-corrected chi connectivity index (χ0v) is 26.8. The SMILES string of the molecule is C/C=C(\CC=c1cccn/c1=C\N1CCN(C2CCCCN(C3=C4N=CC=CC4(C)C=C(F)C=C3)CC2)CC1)OC.CC. The molecule has 0 amide bonds. The van der Waals surface area contributed by atoms with Crippen molar-refractivity contribution in [1.29, 1.82) is 0 Å². The standard InChI is InChI=1S/C34H44FN5O.C2H6/c1-4-30(41-3)13-11-27-9-7-17-36-31(27)26-38-21-23-39(24-22-38)29-10-5-6-19-40(20-15-29)32-14-12-28(35)25-34(2)16-8-18-37-33(32)34;1-2/h4,7-9,11-12,14,16-18,25-26,29H,5-6,10,13,15,19-24H2,1-3H3;1-2H3/b27-11?,30-4+,31-26-;. The number of likely N-dealkylation sites (tertiary alicyclic amines) is 1. The lowest BCUT2D eigenvalue weighted by Gasteiger charge is -2.41. The van der Waals surface area contributed by atoms with Crippen LogP contribution >= 0.6 is 0 Å². The van der Waals surface area contributed by atoms with Crippen LogP contribution in [0.1, 0.15) is 59.8 Å². The van der Waals surface area contributed by atoms with E-state index in [1.807, 2.05) is 57.5 Å². The van der Waals surface area contributed by atoms with Crippen molar-refractivity contribution >= 4 is 18.5 Å². The van der Waals surface area contributed by atoms with E-state index in [1.165, 1.54) is 12.8 Å². The summed E-state index contributed by atoms with van der Waals surface area (Å²) < 4.78 is 20.0. The van der Waals surface area contributed by atoms with E-state index in [1.54, 1.807) is 19.3 Å². The Labute approximate surface area is 258 Å². The van der Waals surface area contributed by atoms with Crippen LogP contribution in [-0.4, -0.2) is 78.3 Å². The number of allylic oxidation sites excluding steroid dienone is 7. The topological polar surface area (TPSA) is 44.2 Å². The van der Waals surface area contributed by atoms with Gasteiger partial charge in [0.2, 0.25) is 0 Å². The van der Waals surface area contributed by atoms with E-state index >= 15 is 0 Å². The van der Waals surface area contributed by atoms with E-state index in [-0.39, 0.29) is 5.83 Å². The quantitative estimate of drug-likeness (QED) is 0.399. The first-order valence-corrected chi connectivity index (χ1v) is 16.1. The number of nitrogens with zero attached hydrogens (tertiary/aromatic N) is 5. The van der Waals surface area contributed by atoms with Gasteiger partial charge in [0.25, 0.3) is 0 Å². The van der Waals surface area contributed by atoms with Gasteiger partial charge in [0.1, 0.15) is 5.83 Å². The summed E-state index contributed by atoms with van der Waals surface area (Å²) in [6.45, 7) is 14.1. The minimum absolute atomic E-state index is 0.199. The van der Waals surface area contributed by atoms with Crippen LogP contribution in [0.4, 0.5) is 4.39 Å². The molecule has 0 aromatic carbocycles. The second-order valence-corrected chi connectivity index (χ2v) is 11.5. The van der Waals surface area contributed by atoms with E-state index in [2.05, 4.69) is 51.0 Å². The Balaban J connectivity index is 0.00000207. The molecule has 4 aliphatic rings. The van der Waals surface area contributed by atoms with Crippen molar-refractivity contribution in [3.63, 3.8) is 0 Å². The summed E-state index contributed by atoms with van der Waals surface area (Å²) in [6.07, 6.45) is 24.8. The second-order valence-electron chi connectivity index (χ2n) is 11.5. The maximum Gasteiger partial charge on any atom is 0.120 e. The molecule has 6 nitrogen and oxygen atoms in total. The van der Waals surface area contributed by atoms with Crippen LogP contribution in [0.2, 0.25) is 0 Å². The zero-order chi connectivity index (χ0) is 30.7. The van der Waals surface area contributed by atoms with Crippen LogP contribution in [0.25, 0.3) is 12.3 Å². The van der Waals surface area contributed by atoms with Gasteiger partial charge in [-0.25, -0.2) is 4.39 Å². The van der Waals surface area contributed by atoms with Crippen molar-refractivity contribution in [2.75, 3.05) is 46.4 Å². The van der Waals surface area contributed by atoms with Gasteiger partial charge in [0.05, 0.1) is 35.0 Å². The number of fused-ring (bicyclic) bond motifs is 1. The van der Waals surface area contributed by atoms with Gasteiger partial charge in [0, 0.05) is 70.3 Å². The molecule has 3 aliphatic heterocycles. The Morgan fingerprint density at radius 2 is 1.91 bits per heavy atom. The molecule has 43 heavy (non-hydrogen) atoms. The number of rotatable bonds is 6. The molecule has 0 N–H and O–H groups in total. The van der Waals surface area contributed by atoms with Crippen molar-refractivity contribution in [3.8, 4) is 0 Å². The first kappa shape index (κ1) is 32.5. The Kier molecular flexibility index (Phi) is 12.0. The third-order valence-corrected chi connectivity index (χ3v) is 8.76. The molecule has 2 unspecified atom stereocenters. The summed E-state index contributed by atoms with van der Waals surface area (Å²) in [4.78, 5) is 17.0. The minimum atomic E-state index is -0.518. The number of methoxy groups -OCH3 is 1. The number of aliphatic imine (C=N–C) groups is 1. The van der Waals surface area contributed by atoms with Crippen LogP contribution < -0.4 is 10.6 Å². The monoisotopic (exact) mass is 587 g/mol.